The average Bonchev–Trinajstić information content (AvgIpc) is 4.20. The van der Waals surface area contributed by atoms with Gasteiger partial charge in [-0.3, -0.25) is 0 Å². The van der Waals surface area contributed by atoms with Crippen molar-refractivity contribution in [3.8, 4) is 0 Å². The maximum atomic E-state index is 4.94. The first-order valence-corrected chi connectivity index (χ1v) is 25.2. The minimum Gasteiger partial charge on any atom is -0.381 e. The van der Waals surface area contributed by atoms with Crippen LogP contribution >= 0.6 is 15.8 Å². The van der Waals surface area contributed by atoms with Gasteiger partial charge in [0.1, 0.15) is 0 Å². The number of hydrogen-bond donors (Lipinski definition) is 0. The summed E-state index contributed by atoms with van der Waals surface area (Å²) < 4.78 is 24.7. The number of rotatable bonds is 6. The average molecular weight is 1170 g/mol. The van der Waals surface area contributed by atoms with E-state index in [0.29, 0.717) is 0 Å². The number of ether oxygens (including phenoxy) is 5. The van der Waals surface area contributed by atoms with Crippen LogP contribution in [0.5, 0.6) is 0 Å². The van der Waals surface area contributed by atoms with Gasteiger partial charge in [0, 0.05) is 66.1 Å². The van der Waals surface area contributed by atoms with Gasteiger partial charge in [-0.05, 0) is 93.3 Å². The van der Waals surface area contributed by atoms with Crippen molar-refractivity contribution in [1.29, 1.82) is 0 Å². The molecule has 6 aromatic carbocycles. The molecule has 0 saturated carbocycles. The van der Waals surface area contributed by atoms with Gasteiger partial charge in [0.2, 0.25) is 0 Å². The monoisotopic (exact) mass is 1170 g/mol. The van der Waals surface area contributed by atoms with E-state index in [2.05, 4.69) is 170 Å². The fourth-order valence-electron chi connectivity index (χ4n) is 6.78. The third-order valence-corrected chi connectivity index (χ3v) is 14.9. The van der Waals surface area contributed by atoms with E-state index in [-0.39, 0.29) is 81.4 Å². The van der Waals surface area contributed by atoms with Crippen molar-refractivity contribution in [2.45, 2.75) is 64.2 Å². The van der Waals surface area contributed by atoms with Crippen molar-refractivity contribution in [3.63, 3.8) is 0 Å². The zero-order chi connectivity index (χ0) is 42.1. The Labute approximate surface area is 448 Å². The van der Waals surface area contributed by atoms with Crippen LogP contribution in [0, 0.1) is 14.9 Å². The Balaban J connectivity index is 0.000000412. The van der Waals surface area contributed by atoms with Crippen LogP contribution < -0.4 is 31.8 Å². The molecule has 350 valence electrons. The summed E-state index contributed by atoms with van der Waals surface area (Å²) in [5.74, 6) is 0. The molecule has 6 aromatic rings. The molecular formula is C56H74O5P2PtSr. The first-order chi connectivity index (χ1) is 30.4. The molecule has 9 heteroatoms. The molecule has 11 rings (SSSR count). The quantitative estimate of drug-likeness (QED) is 0.0945. The van der Waals surface area contributed by atoms with Crippen molar-refractivity contribution >= 4 is 93.2 Å². The SMILES string of the molecule is C1CCOC1.C1CCOC1.C1CCOC1.C1CCOC1.C1CCOC1.[CH3-].[CH3-].[Pt+2].[Sr+2].c1ccc(P(c2ccccc2)[c-]2cccc2)cc1.c1ccc(P(c2ccccc2)c2ccc[cH-]2)cc1. The summed E-state index contributed by atoms with van der Waals surface area (Å²) in [6.07, 6.45) is 12.8. The van der Waals surface area contributed by atoms with E-state index in [1.165, 1.54) is 96.0 Å². The summed E-state index contributed by atoms with van der Waals surface area (Å²) in [5, 5.41) is 8.47. The molecule has 5 saturated heterocycles. The Morgan fingerprint density at radius 1 is 0.354 bits per heavy atom. The summed E-state index contributed by atoms with van der Waals surface area (Å²) in [6, 6.07) is 60.5. The van der Waals surface area contributed by atoms with Gasteiger partial charge < -0.3 is 38.5 Å². The first-order valence-electron chi connectivity index (χ1n) is 22.5. The predicted octanol–water partition coefficient (Wildman–Crippen LogP) is 10.8. The van der Waals surface area contributed by atoms with E-state index >= 15 is 0 Å². The molecule has 0 aromatic heterocycles. The molecule has 0 aliphatic carbocycles. The van der Waals surface area contributed by atoms with Crippen LogP contribution in [0.25, 0.3) is 0 Å². The maximum absolute atomic E-state index is 4.94. The van der Waals surface area contributed by atoms with E-state index in [1.54, 1.807) is 0 Å². The molecule has 5 aliphatic heterocycles. The van der Waals surface area contributed by atoms with Crippen LogP contribution in [0.4, 0.5) is 0 Å². The normalized spacial score (nSPS) is 15.2. The van der Waals surface area contributed by atoms with Crippen molar-refractivity contribution in [2.24, 2.45) is 0 Å². The summed E-state index contributed by atoms with van der Waals surface area (Å²) in [5.41, 5.74) is 0. The van der Waals surface area contributed by atoms with Crippen LogP contribution in [0.3, 0.4) is 0 Å². The molecule has 65 heavy (non-hydrogen) atoms. The predicted molar refractivity (Wildman–Crippen MR) is 280 cm³/mol. The topological polar surface area (TPSA) is 46.2 Å². The number of benzene rings is 4. The molecular weight excluding hydrogens is 1100 g/mol. The van der Waals surface area contributed by atoms with Crippen molar-refractivity contribution in [2.75, 3.05) is 66.1 Å². The molecule has 0 bridgehead atoms. The Morgan fingerprint density at radius 3 is 0.862 bits per heavy atom. The molecule has 0 radical (unpaired) electrons. The van der Waals surface area contributed by atoms with Crippen molar-refractivity contribution < 1.29 is 44.7 Å². The van der Waals surface area contributed by atoms with Crippen LogP contribution in [-0.4, -0.2) is 112 Å². The summed E-state index contributed by atoms with van der Waals surface area (Å²) in [7, 11) is -0.818. The summed E-state index contributed by atoms with van der Waals surface area (Å²) in [4.78, 5) is 0. The van der Waals surface area contributed by atoms with Crippen molar-refractivity contribution in [1.82, 2.24) is 0 Å². The van der Waals surface area contributed by atoms with Crippen LogP contribution in [-0.2, 0) is 44.7 Å². The van der Waals surface area contributed by atoms with Crippen LogP contribution in [0.15, 0.2) is 170 Å². The third-order valence-electron chi connectivity index (χ3n) is 10.0. The Morgan fingerprint density at radius 2 is 0.631 bits per heavy atom. The van der Waals surface area contributed by atoms with Gasteiger partial charge in [-0.25, -0.2) is 24.3 Å². The van der Waals surface area contributed by atoms with E-state index in [1.807, 2.05) is 0 Å². The molecule has 0 amide bonds. The molecule has 5 heterocycles. The maximum Gasteiger partial charge on any atom is 2.00 e. The van der Waals surface area contributed by atoms with E-state index < -0.39 is 15.8 Å². The molecule has 0 atom stereocenters. The zero-order valence-electron chi connectivity index (χ0n) is 39.3. The molecule has 5 nitrogen and oxygen atoms in total. The second-order valence-electron chi connectivity index (χ2n) is 14.9. The standard InChI is InChI=1S/2C17H14P.5C4H8O.2CH3.Pt.Sr/c2*1-3-9-15(10-4-1)18(17-13-7-8-14-17)16-11-5-2-6-12-16;5*1-2-4-5-3-1;;;;/h2*1-14H;5*1-4H2;2*1H3;;/q2*-1;;;;;;2*-1;2*+2. The minimum absolute atomic E-state index is 0. The second kappa shape index (κ2) is 41.4. The van der Waals surface area contributed by atoms with Gasteiger partial charge in [-0.1, -0.05) is 129 Å². The zero-order valence-corrected chi connectivity index (χ0v) is 46.8. The molecule has 0 spiro atoms. The third kappa shape index (κ3) is 26.1. The van der Waals surface area contributed by atoms with Crippen LogP contribution in [0.2, 0.25) is 0 Å². The second-order valence-corrected chi connectivity index (χ2v) is 19.3. The van der Waals surface area contributed by atoms with E-state index in [4.69, 9.17) is 23.7 Å². The molecule has 0 unspecified atom stereocenters. The van der Waals surface area contributed by atoms with Gasteiger partial charge in [-0.15, -0.1) is 10.6 Å². The van der Waals surface area contributed by atoms with Gasteiger partial charge in [0.15, 0.2) is 0 Å². The van der Waals surface area contributed by atoms with E-state index in [0.717, 1.165) is 66.1 Å². The van der Waals surface area contributed by atoms with Crippen molar-refractivity contribution in [3.05, 3.63) is 185 Å². The molecule has 5 aliphatic rings. The first kappa shape index (κ1) is 61.4. The van der Waals surface area contributed by atoms with Gasteiger partial charge >= 0.3 is 66.5 Å². The van der Waals surface area contributed by atoms with Gasteiger partial charge in [0.05, 0.1) is 0 Å². The Kier molecular flexibility index (Phi) is 39.1. The molecule has 0 N–H and O–H groups in total. The number of hydrogen-bond acceptors (Lipinski definition) is 5. The van der Waals surface area contributed by atoms with E-state index in [9.17, 15) is 0 Å². The fraction of sp³-hybridized carbons (Fsp3) is 0.357. The minimum atomic E-state index is -0.409. The summed E-state index contributed by atoms with van der Waals surface area (Å²) in [6.45, 7) is 10.0. The Bertz CT molecular complexity index is 1540. The largest absolute Gasteiger partial charge is 2.00 e. The summed E-state index contributed by atoms with van der Waals surface area (Å²) >= 11 is 0. The molecule has 5 fully saturated rings. The fourth-order valence-corrected chi connectivity index (χ4v) is 11.4. The van der Waals surface area contributed by atoms with Gasteiger partial charge in [-0.2, -0.15) is 24.3 Å². The van der Waals surface area contributed by atoms with Crippen LogP contribution in [0.1, 0.15) is 64.2 Å². The smallest absolute Gasteiger partial charge is 0.381 e. The van der Waals surface area contributed by atoms with Gasteiger partial charge in [0.25, 0.3) is 0 Å². The Hall–Kier alpha value is -1.59.